The van der Waals surface area contributed by atoms with Gasteiger partial charge in [0.25, 0.3) is 10.0 Å². The lowest BCUT2D eigenvalue weighted by molar-refractivity contribution is 0.411. The highest BCUT2D eigenvalue weighted by molar-refractivity contribution is 9.10. The SMILES string of the molecule is CCN(c1ccc(OC)c(Cl)c1)S(=O)(=O)c1ccc(OC)c(Br)c1. The number of anilines is 1. The van der Waals surface area contributed by atoms with Crippen molar-refractivity contribution in [3.05, 3.63) is 45.9 Å². The first-order valence-corrected chi connectivity index (χ1v) is 9.66. The molecule has 130 valence electrons. The minimum atomic E-state index is -3.74. The molecule has 0 bridgehead atoms. The van der Waals surface area contributed by atoms with Gasteiger partial charge in [-0.3, -0.25) is 4.31 Å². The molecular weight excluding hydrogens is 418 g/mol. The lowest BCUT2D eigenvalue weighted by Crippen LogP contribution is -2.30. The van der Waals surface area contributed by atoms with Gasteiger partial charge in [-0.15, -0.1) is 0 Å². The third-order valence-electron chi connectivity index (χ3n) is 3.42. The van der Waals surface area contributed by atoms with Gasteiger partial charge in [0.1, 0.15) is 11.5 Å². The molecule has 24 heavy (non-hydrogen) atoms. The first kappa shape index (κ1) is 18.9. The molecule has 0 unspecified atom stereocenters. The Labute approximate surface area is 155 Å². The maximum atomic E-state index is 13.0. The van der Waals surface area contributed by atoms with Gasteiger partial charge in [0.15, 0.2) is 0 Å². The van der Waals surface area contributed by atoms with E-state index in [0.29, 0.717) is 26.7 Å². The predicted molar refractivity (Wildman–Crippen MR) is 98.9 cm³/mol. The highest BCUT2D eigenvalue weighted by Gasteiger charge is 2.25. The number of hydrogen-bond acceptors (Lipinski definition) is 4. The van der Waals surface area contributed by atoms with Crippen molar-refractivity contribution in [1.82, 2.24) is 0 Å². The normalized spacial score (nSPS) is 11.2. The van der Waals surface area contributed by atoms with Crippen LogP contribution >= 0.6 is 27.5 Å². The van der Waals surface area contributed by atoms with E-state index in [1.165, 1.54) is 30.7 Å². The quantitative estimate of drug-likeness (QED) is 0.679. The zero-order chi connectivity index (χ0) is 17.9. The van der Waals surface area contributed by atoms with Crippen molar-refractivity contribution in [2.24, 2.45) is 0 Å². The van der Waals surface area contributed by atoms with Crippen LogP contribution < -0.4 is 13.8 Å². The van der Waals surface area contributed by atoms with E-state index in [0.717, 1.165) is 0 Å². The standard InChI is InChI=1S/C16H17BrClNO4S/c1-4-19(11-5-7-16(23-3)14(18)9-11)24(20,21)12-6-8-15(22-2)13(17)10-12/h5-10H,4H2,1-3H3. The van der Waals surface area contributed by atoms with Crippen molar-refractivity contribution in [1.29, 1.82) is 0 Å². The van der Waals surface area contributed by atoms with Crippen LogP contribution in [0.3, 0.4) is 0 Å². The zero-order valence-corrected chi connectivity index (χ0v) is 16.6. The molecule has 2 aromatic carbocycles. The Bertz CT molecular complexity index is 842. The maximum Gasteiger partial charge on any atom is 0.264 e. The van der Waals surface area contributed by atoms with E-state index in [4.69, 9.17) is 21.1 Å². The zero-order valence-electron chi connectivity index (χ0n) is 13.4. The first-order chi connectivity index (χ1) is 11.3. The van der Waals surface area contributed by atoms with Gasteiger partial charge in [-0.1, -0.05) is 11.6 Å². The Balaban J connectivity index is 2.49. The molecule has 0 aliphatic heterocycles. The van der Waals surface area contributed by atoms with Gasteiger partial charge < -0.3 is 9.47 Å². The van der Waals surface area contributed by atoms with E-state index < -0.39 is 10.0 Å². The fourth-order valence-corrected chi connectivity index (χ4v) is 4.67. The van der Waals surface area contributed by atoms with Gasteiger partial charge in [-0.2, -0.15) is 0 Å². The number of nitrogens with zero attached hydrogens (tertiary/aromatic N) is 1. The molecule has 0 atom stereocenters. The predicted octanol–water partition coefficient (Wildman–Crippen LogP) is 4.33. The Morgan fingerprint density at radius 2 is 1.71 bits per heavy atom. The summed E-state index contributed by atoms with van der Waals surface area (Å²) >= 11 is 9.43. The van der Waals surface area contributed by atoms with Gasteiger partial charge in [-0.25, -0.2) is 8.42 Å². The van der Waals surface area contributed by atoms with Crippen LogP contribution in [0, 0.1) is 0 Å². The molecule has 0 saturated carbocycles. The summed E-state index contributed by atoms with van der Waals surface area (Å²) in [5, 5.41) is 0.347. The van der Waals surface area contributed by atoms with Gasteiger partial charge in [0.05, 0.1) is 34.3 Å². The van der Waals surface area contributed by atoms with Gasteiger partial charge in [0.2, 0.25) is 0 Å². The van der Waals surface area contributed by atoms with Gasteiger partial charge in [-0.05, 0) is 59.3 Å². The van der Waals surface area contributed by atoms with Crippen LogP contribution in [0.1, 0.15) is 6.92 Å². The molecule has 2 rings (SSSR count). The van der Waals surface area contributed by atoms with Crippen molar-refractivity contribution in [2.75, 3.05) is 25.1 Å². The molecule has 5 nitrogen and oxygen atoms in total. The molecular formula is C16H17BrClNO4S. The number of rotatable bonds is 6. The average molecular weight is 435 g/mol. The Morgan fingerprint density at radius 3 is 2.21 bits per heavy atom. The number of hydrogen-bond donors (Lipinski definition) is 0. The van der Waals surface area contributed by atoms with E-state index in [9.17, 15) is 8.42 Å². The Kier molecular flexibility index (Phi) is 6.01. The largest absolute Gasteiger partial charge is 0.496 e. The molecule has 0 aliphatic carbocycles. The van der Waals surface area contributed by atoms with Crippen LogP contribution in [0.5, 0.6) is 11.5 Å². The van der Waals surface area contributed by atoms with Crippen molar-refractivity contribution >= 4 is 43.2 Å². The molecule has 0 aliphatic rings. The molecule has 0 radical (unpaired) electrons. The second-order valence-electron chi connectivity index (χ2n) is 4.78. The summed E-state index contributed by atoms with van der Waals surface area (Å²) in [4.78, 5) is 0.156. The van der Waals surface area contributed by atoms with Crippen molar-refractivity contribution in [3.63, 3.8) is 0 Å². The minimum Gasteiger partial charge on any atom is -0.496 e. The molecule has 2 aromatic rings. The summed E-state index contributed by atoms with van der Waals surface area (Å²) in [5.74, 6) is 1.05. The van der Waals surface area contributed by atoms with Crippen molar-refractivity contribution in [2.45, 2.75) is 11.8 Å². The molecule has 0 saturated heterocycles. The number of ether oxygens (including phenoxy) is 2. The van der Waals surface area contributed by atoms with E-state index in [2.05, 4.69) is 15.9 Å². The van der Waals surface area contributed by atoms with Crippen LogP contribution in [0.25, 0.3) is 0 Å². The van der Waals surface area contributed by atoms with E-state index in [-0.39, 0.29) is 11.4 Å². The topological polar surface area (TPSA) is 55.8 Å². The lowest BCUT2D eigenvalue weighted by atomic mass is 10.3. The fraction of sp³-hybridized carbons (Fsp3) is 0.250. The summed E-state index contributed by atoms with van der Waals surface area (Å²) in [6, 6.07) is 9.49. The number of methoxy groups -OCH3 is 2. The molecule has 0 N–H and O–H groups in total. The molecule has 0 fully saturated rings. The Morgan fingerprint density at radius 1 is 1.08 bits per heavy atom. The Hall–Kier alpha value is -1.44. The average Bonchev–Trinajstić information content (AvgIpc) is 2.55. The maximum absolute atomic E-state index is 13.0. The number of benzene rings is 2. The smallest absolute Gasteiger partial charge is 0.264 e. The fourth-order valence-electron chi connectivity index (χ4n) is 2.24. The summed E-state index contributed by atoms with van der Waals surface area (Å²) in [6.45, 7) is 2.02. The third kappa shape index (κ3) is 3.63. The summed E-state index contributed by atoms with van der Waals surface area (Å²) < 4.78 is 38.0. The van der Waals surface area contributed by atoms with Crippen LogP contribution in [0.4, 0.5) is 5.69 Å². The van der Waals surface area contributed by atoms with Gasteiger partial charge in [0, 0.05) is 6.54 Å². The van der Waals surface area contributed by atoms with Crippen LogP contribution in [0.2, 0.25) is 5.02 Å². The van der Waals surface area contributed by atoms with Crippen molar-refractivity contribution < 1.29 is 17.9 Å². The van der Waals surface area contributed by atoms with E-state index >= 15 is 0 Å². The highest BCUT2D eigenvalue weighted by atomic mass is 79.9. The van der Waals surface area contributed by atoms with Crippen LogP contribution in [-0.2, 0) is 10.0 Å². The highest BCUT2D eigenvalue weighted by Crippen LogP contribution is 2.33. The third-order valence-corrected chi connectivity index (χ3v) is 6.24. The molecule has 0 heterocycles. The molecule has 0 spiro atoms. The summed E-state index contributed by atoms with van der Waals surface area (Å²) in [6.07, 6.45) is 0. The molecule has 8 heteroatoms. The van der Waals surface area contributed by atoms with Crippen LogP contribution in [0.15, 0.2) is 45.8 Å². The minimum absolute atomic E-state index is 0.156. The van der Waals surface area contributed by atoms with Gasteiger partial charge >= 0.3 is 0 Å². The summed E-state index contributed by atoms with van der Waals surface area (Å²) in [7, 11) is -0.716. The lowest BCUT2D eigenvalue weighted by Gasteiger charge is -2.23. The second-order valence-corrected chi connectivity index (χ2v) is 7.91. The monoisotopic (exact) mass is 433 g/mol. The van der Waals surface area contributed by atoms with E-state index in [1.54, 1.807) is 31.2 Å². The second kappa shape index (κ2) is 7.63. The molecule has 0 amide bonds. The van der Waals surface area contributed by atoms with E-state index in [1.807, 2.05) is 0 Å². The number of halogens is 2. The first-order valence-electron chi connectivity index (χ1n) is 7.05. The number of sulfonamides is 1. The summed E-state index contributed by atoms with van der Waals surface area (Å²) in [5.41, 5.74) is 0.468. The molecule has 0 aromatic heterocycles. The van der Waals surface area contributed by atoms with Crippen LogP contribution in [-0.4, -0.2) is 29.2 Å². The van der Waals surface area contributed by atoms with Crippen molar-refractivity contribution in [3.8, 4) is 11.5 Å².